The van der Waals surface area contributed by atoms with Crippen LogP contribution in [0.25, 0.3) is 0 Å². The number of nitrogens with zero attached hydrogens (tertiary/aromatic N) is 1. The number of nitrogens with one attached hydrogen (secondary N) is 1. The number of benzene rings is 1. The Labute approximate surface area is 161 Å². The number of rotatable bonds is 6. The van der Waals surface area contributed by atoms with E-state index in [1.807, 2.05) is 24.3 Å². The van der Waals surface area contributed by atoms with Gasteiger partial charge in [-0.15, -0.1) is 0 Å². The molecular formula is C21H29ClN2O2. The number of hydrogen-bond donors (Lipinski definition) is 1. The third kappa shape index (κ3) is 5.00. The number of halogens is 1. The molecule has 3 rings (SSSR count). The van der Waals surface area contributed by atoms with Gasteiger partial charge in [0.2, 0.25) is 11.8 Å². The highest BCUT2D eigenvalue weighted by molar-refractivity contribution is 6.31. The Kier molecular flexibility index (Phi) is 6.95. The molecule has 142 valence electrons. The normalized spacial score (nSPS) is 21.3. The number of carbonyl (C=O) groups excluding carboxylic acids is 2. The lowest BCUT2D eigenvalue weighted by Gasteiger charge is -2.31. The highest BCUT2D eigenvalue weighted by atomic mass is 35.5. The summed E-state index contributed by atoms with van der Waals surface area (Å²) in [6.45, 7) is 1.10. The van der Waals surface area contributed by atoms with Gasteiger partial charge >= 0.3 is 0 Å². The van der Waals surface area contributed by atoms with E-state index in [0.29, 0.717) is 30.5 Å². The molecule has 1 unspecified atom stereocenters. The standard InChI is InChI=1S/C21H29ClN2O2/c22-18-10-4-3-9-17(18)15-24(19-11-5-6-14-23-21(19)26)20(25)13-12-16-7-1-2-8-16/h3-4,9-10,16,19H,1-2,5-8,11-15H2,(H,23,26). The zero-order valence-electron chi connectivity index (χ0n) is 15.4. The van der Waals surface area contributed by atoms with E-state index >= 15 is 0 Å². The molecule has 0 radical (unpaired) electrons. The first-order valence-corrected chi connectivity index (χ1v) is 10.3. The van der Waals surface area contributed by atoms with E-state index in [1.54, 1.807) is 4.90 Å². The van der Waals surface area contributed by atoms with Crippen LogP contribution in [0.15, 0.2) is 24.3 Å². The summed E-state index contributed by atoms with van der Waals surface area (Å²) in [6, 6.07) is 7.20. The average molecular weight is 377 g/mol. The van der Waals surface area contributed by atoms with Gasteiger partial charge < -0.3 is 10.2 Å². The largest absolute Gasteiger partial charge is 0.354 e. The lowest BCUT2D eigenvalue weighted by atomic mass is 10.00. The number of hydrogen-bond acceptors (Lipinski definition) is 2. The van der Waals surface area contributed by atoms with Crippen molar-refractivity contribution in [1.82, 2.24) is 10.2 Å². The summed E-state index contributed by atoms with van der Waals surface area (Å²) in [7, 11) is 0. The van der Waals surface area contributed by atoms with Gasteiger partial charge in [0.25, 0.3) is 0 Å². The van der Waals surface area contributed by atoms with Gasteiger partial charge in [0, 0.05) is 24.5 Å². The quantitative estimate of drug-likeness (QED) is 0.804. The Morgan fingerprint density at radius 3 is 2.62 bits per heavy atom. The van der Waals surface area contributed by atoms with E-state index in [-0.39, 0.29) is 17.9 Å². The fourth-order valence-corrected chi connectivity index (χ4v) is 4.37. The van der Waals surface area contributed by atoms with Crippen molar-refractivity contribution in [2.45, 2.75) is 70.4 Å². The predicted molar refractivity (Wildman–Crippen MR) is 104 cm³/mol. The van der Waals surface area contributed by atoms with E-state index in [0.717, 1.165) is 31.2 Å². The second-order valence-corrected chi connectivity index (χ2v) is 8.01. The molecule has 1 N–H and O–H groups in total. The zero-order valence-corrected chi connectivity index (χ0v) is 16.1. The van der Waals surface area contributed by atoms with Crippen LogP contribution in [-0.2, 0) is 16.1 Å². The van der Waals surface area contributed by atoms with Gasteiger partial charge in [0.1, 0.15) is 6.04 Å². The van der Waals surface area contributed by atoms with Crippen molar-refractivity contribution in [3.63, 3.8) is 0 Å². The topological polar surface area (TPSA) is 49.4 Å². The van der Waals surface area contributed by atoms with Crippen LogP contribution >= 0.6 is 11.6 Å². The first kappa shape index (κ1) is 19.2. The van der Waals surface area contributed by atoms with Crippen LogP contribution in [0, 0.1) is 5.92 Å². The van der Waals surface area contributed by atoms with Gasteiger partial charge in [-0.25, -0.2) is 0 Å². The van der Waals surface area contributed by atoms with Gasteiger partial charge in [-0.2, -0.15) is 0 Å². The van der Waals surface area contributed by atoms with Gasteiger partial charge in [0.15, 0.2) is 0 Å². The third-order valence-electron chi connectivity index (χ3n) is 5.74. The highest BCUT2D eigenvalue weighted by Crippen LogP contribution is 2.29. The van der Waals surface area contributed by atoms with Gasteiger partial charge in [-0.05, 0) is 43.2 Å². The van der Waals surface area contributed by atoms with Crippen LogP contribution in [-0.4, -0.2) is 29.3 Å². The molecule has 1 aliphatic heterocycles. The smallest absolute Gasteiger partial charge is 0.242 e. The average Bonchev–Trinajstić information content (AvgIpc) is 3.07. The molecule has 2 amide bonds. The molecule has 1 saturated carbocycles. The minimum absolute atomic E-state index is 0.0243. The van der Waals surface area contributed by atoms with E-state index in [1.165, 1.54) is 25.7 Å². The molecule has 1 aromatic rings. The predicted octanol–water partition coefficient (Wildman–Crippen LogP) is 4.31. The summed E-state index contributed by atoms with van der Waals surface area (Å²) in [4.78, 5) is 27.4. The summed E-state index contributed by atoms with van der Waals surface area (Å²) < 4.78 is 0. The first-order valence-electron chi connectivity index (χ1n) is 9.95. The molecule has 5 heteroatoms. The van der Waals surface area contributed by atoms with Crippen LogP contribution in [0.4, 0.5) is 0 Å². The fraction of sp³-hybridized carbons (Fsp3) is 0.619. The van der Waals surface area contributed by atoms with Crippen molar-refractivity contribution in [2.75, 3.05) is 6.54 Å². The first-order chi connectivity index (χ1) is 12.6. The van der Waals surface area contributed by atoms with Crippen molar-refractivity contribution in [1.29, 1.82) is 0 Å². The molecule has 0 spiro atoms. The summed E-state index contributed by atoms with van der Waals surface area (Å²) in [6.07, 6.45) is 9.16. The van der Waals surface area contributed by atoms with Gasteiger partial charge in [-0.3, -0.25) is 9.59 Å². The minimum atomic E-state index is -0.384. The molecule has 1 aliphatic carbocycles. The molecule has 2 fully saturated rings. The van der Waals surface area contributed by atoms with Crippen molar-refractivity contribution < 1.29 is 9.59 Å². The van der Waals surface area contributed by atoms with Gasteiger partial charge in [0.05, 0.1) is 0 Å². The monoisotopic (exact) mass is 376 g/mol. The molecule has 0 bridgehead atoms. The summed E-state index contributed by atoms with van der Waals surface area (Å²) >= 11 is 6.32. The van der Waals surface area contributed by atoms with Crippen molar-refractivity contribution in [2.24, 2.45) is 5.92 Å². The van der Waals surface area contributed by atoms with Crippen molar-refractivity contribution in [3.05, 3.63) is 34.9 Å². The Hall–Kier alpha value is -1.55. The van der Waals surface area contributed by atoms with Gasteiger partial charge in [-0.1, -0.05) is 55.5 Å². The molecule has 1 saturated heterocycles. The fourth-order valence-electron chi connectivity index (χ4n) is 4.17. The minimum Gasteiger partial charge on any atom is -0.354 e. The molecule has 1 aromatic carbocycles. The van der Waals surface area contributed by atoms with Crippen LogP contribution < -0.4 is 5.32 Å². The Bertz CT molecular complexity index is 628. The number of carbonyl (C=O) groups is 2. The molecule has 26 heavy (non-hydrogen) atoms. The lowest BCUT2D eigenvalue weighted by Crippen LogP contribution is -2.48. The second-order valence-electron chi connectivity index (χ2n) is 7.60. The van der Waals surface area contributed by atoms with Crippen LogP contribution in [0.3, 0.4) is 0 Å². The second kappa shape index (κ2) is 9.40. The summed E-state index contributed by atoms with van der Waals surface area (Å²) in [5.41, 5.74) is 0.903. The highest BCUT2D eigenvalue weighted by Gasteiger charge is 2.31. The summed E-state index contributed by atoms with van der Waals surface area (Å²) in [5.74, 6) is 0.728. The Morgan fingerprint density at radius 1 is 1.12 bits per heavy atom. The van der Waals surface area contributed by atoms with Crippen LogP contribution in [0.2, 0.25) is 5.02 Å². The van der Waals surface area contributed by atoms with Crippen molar-refractivity contribution in [3.8, 4) is 0 Å². The van der Waals surface area contributed by atoms with Crippen LogP contribution in [0.1, 0.15) is 63.4 Å². The molecule has 4 nitrogen and oxygen atoms in total. The Morgan fingerprint density at radius 2 is 1.85 bits per heavy atom. The van der Waals surface area contributed by atoms with E-state index < -0.39 is 0 Å². The Balaban J connectivity index is 1.74. The maximum atomic E-state index is 13.1. The van der Waals surface area contributed by atoms with E-state index in [4.69, 9.17) is 11.6 Å². The zero-order chi connectivity index (χ0) is 18.4. The third-order valence-corrected chi connectivity index (χ3v) is 6.11. The lowest BCUT2D eigenvalue weighted by molar-refractivity contribution is -0.141. The summed E-state index contributed by atoms with van der Waals surface area (Å²) in [5, 5.41) is 3.61. The molecular weight excluding hydrogens is 348 g/mol. The van der Waals surface area contributed by atoms with E-state index in [9.17, 15) is 9.59 Å². The molecule has 0 aromatic heterocycles. The van der Waals surface area contributed by atoms with E-state index in [2.05, 4.69) is 5.32 Å². The molecule has 1 atom stereocenters. The number of amides is 2. The SMILES string of the molecule is O=C1NCCCCC1N(Cc1ccccc1Cl)C(=O)CCC1CCCC1. The maximum absolute atomic E-state index is 13.1. The molecule has 2 aliphatic rings. The maximum Gasteiger partial charge on any atom is 0.242 e. The van der Waals surface area contributed by atoms with Crippen molar-refractivity contribution >= 4 is 23.4 Å². The molecule has 1 heterocycles. The van der Waals surface area contributed by atoms with Crippen LogP contribution in [0.5, 0.6) is 0 Å².